The summed E-state index contributed by atoms with van der Waals surface area (Å²) in [7, 11) is 1.52. The zero-order valence-corrected chi connectivity index (χ0v) is 13.3. The predicted octanol–water partition coefficient (Wildman–Crippen LogP) is 2.90. The minimum absolute atomic E-state index is 0.540. The van der Waals surface area contributed by atoms with E-state index in [-0.39, 0.29) is 0 Å². The Bertz CT molecular complexity index is 665. The Balaban J connectivity index is 2.37. The number of aromatic nitrogens is 1. The van der Waals surface area contributed by atoms with Crippen LogP contribution in [0, 0.1) is 0 Å². The molecule has 0 bridgehead atoms. The van der Waals surface area contributed by atoms with Crippen LogP contribution in [-0.4, -0.2) is 28.4 Å². The van der Waals surface area contributed by atoms with Crippen LogP contribution < -0.4 is 10.1 Å². The number of aliphatic hydroxyl groups excluding tert-OH is 1. The highest BCUT2D eigenvalue weighted by molar-refractivity contribution is 9.10. The van der Waals surface area contributed by atoms with Gasteiger partial charge in [0.05, 0.1) is 13.2 Å². The maximum atomic E-state index is 11.0. The molecular formula is C15H15BrN2O4. The molecule has 2 rings (SSSR count). The predicted molar refractivity (Wildman–Crippen MR) is 83.8 cm³/mol. The molecular weight excluding hydrogens is 352 g/mol. The second-order valence-corrected chi connectivity index (χ2v) is 5.50. The zero-order chi connectivity index (χ0) is 16.1. The number of carbonyl (C=O) groups is 1. The molecule has 0 fully saturated rings. The first kappa shape index (κ1) is 16.3. The number of aliphatic hydroxyl groups is 1. The highest BCUT2D eigenvalue weighted by Gasteiger charge is 2.25. The first-order valence-corrected chi connectivity index (χ1v) is 7.22. The maximum Gasteiger partial charge on any atom is 0.405 e. The van der Waals surface area contributed by atoms with Crippen LogP contribution in [0.3, 0.4) is 0 Å². The van der Waals surface area contributed by atoms with Crippen LogP contribution in [-0.2, 0) is 0 Å². The summed E-state index contributed by atoms with van der Waals surface area (Å²) in [5.41, 5.74) is 1.09. The molecule has 0 saturated heterocycles. The number of carboxylic acid groups (broad SMARTS) is 1. The van der Waals surface area contributed by atoms with E-state index >= 15 is 0 Å². The Hall–Kier alpha value is -2.12. The second kappa shape index (κ2) is 7.24. The van der Waals surface area contributed by atoms with E-state index < -0.39 is 18.2 Å². The van der Waals surface area contributed by atoms with Gasteiger partial charge in [-0.3, -0.25) is 4.98 Å². The van der Waals surface area contributed by atoms with E-state index in [9.17, 15) is 9.90 Å². The summed E-state index contributed by atoms with van der Waals surface area (Å²) in [5.74, 6) is 0.581. The topological polar surface area (TPSA) is 91.7 Å². The monoisotopic (exact) mass is 366 g/mol. The number of nitrogens with zero attached hydrogens (tertiary/aromatic N) is 1. The summed E-state index contributed by atoms with van der Waals surface area (Å²) < 4.78 is 5.82. The van der Waals surface area contributed by atoms with Crippen molar-refractivity contribution < 1.29 is 19.7 Å². The summed E-state index contributed by atoms with van der Waals surface area (Å²) >= 11 is 3.29. The van der Waals surface area contributed by atoms with Gasteiger partial charge in [-0.1, -0.05) is 12.1 Å². The van der Waals surface area contributed by atoms with Gasteiger partial charge >= 0.3 is 6.09 Å². The summed E-state index contributed by atoms with van der Waals surface area (Å²) in [6, 6.07) is 7.69. The Morgan fingerprint density at radius 3 is 2.73 bits per heavy atom. The molecule has 116 valence electrons. The van der Waals surface area contributed by atoms with Crippen LogP contribution in [0.1, 0.15) is 23.3 Å². The molecule has 7 heteroatoms. The van der Waals surface area contributed by atoms with Gasteiger partial charge < -0.3 is 20.3 Å². The molecule has 0 aliphatic rings. The number of amides is 1. The van der Waals surface area contributed by atoms with Gasteiger partial charge in [-0.05, 0) is 45.3 Å². The van der Waals surface area contributed by atoms with Crippen molar-refractivity contribution in [3.63, 3.8) is 0 Å². The summed E-state index contributed by atoms with van der Waals surface area (Å²) in [5, 5.41) is 21.9. The lowest BCUT2D eigenvalue weighted by atomic mass is 9.97. The number of methoxy groups -OCH3 is 1. The highest BCUT2D eigenvalue weighted by atomic mass is 79.9. The Labute approximate surface area is 135 Å². The number of ether oxygens (including phenoxy) is 1. The fourth-order valence-electron chi connectivity index (χ4n) is 2.09. The molecule has 0 aliphatic carbocycles. The van der Waals surface area contributed by atoms with Crippen LogP contribution in [0.15, 0.2) is 47.2 Å². The maximum absolute atomic E-state index is 11.0. The zero-order valence-electron chi connectivity index (χ0n) is 11.7. The lowest BCUT2D eigenvalue weighted by Crippen LogP contribution is -2.31. The lowest BCUT2D eigenvalue weighted by molar-refractivity contribution is 0.120. The van der Waals surface area contributed by atoms with Crippen LogP contribution in [0.4, 0.5) is 4.79 Å². The van der Waals surface area contributed by atoms with Gasteiger partial charge in [0, 0.05) is 16.9 Å². The molecule has 0 saturated carbocycles. The van der Waals surface area contributed by atoms with E-state index in [1.165, 1.54) is 13.3 Å². The third kappa shape index (κ3) is 3.96. The number of hydrogen-bond acceptors (Lipinski definition) is 4. The Kier molecular flexibility index (Phi) is 5.35. The van der Waals surface area contributed by atoms with E-state index in [4.69, 9.17) is 9.84 Å². The third-order valence-electron chi connectivity index (χ3n) is 3.12. The molecule has 1 aromatic heterocycles. The van der Waals surface area contributed by atoms with Crippen molar-refractivity contribution in [3.8, 4) is 5.75 Å². The van der Waals surface area contributed by atoms with Crippen LogP contribution in [0.25, 0.3) is 0 Å². The quantitative estimate of drug-likeness (QED) is 0.756. The van der Waals surface area contributed by atoms with Gasteiger partial charge in [-0.15, -0.1) is 0 Å². The summed E-state index contributed by atoms with van der Waals surface area (Å²) in [4.78, 5) is 15.1. The molecule has 1 aromatic carbocycles. The van der Waals surface area contributed by atoms with E-state index in [1.54, 1.807) is 36.5 Å². The van der Waals surface area contributed by atoms with Crippen molar-refractivity contribution in [3.05, 3.63) is 58.3 Å². The van der Waals surface area contributed by atoms with Crippen molar-refractivity contribution >= 4 is 22.0 Å². The molecule has 0 radical (unpaired) electrons. The Morgan fingerprint density at radius 1 is 1.32 bits per heavy atom. The summed E-state index contributed by atoms with van der Waals surface area (Å²) in [6.07, 6.45) is 0.780. The largest absolute Gasteiger partial charge is 0.497 e. The van der Waals surface area contributed by atoms with E-state index in [1.807, 2.05) is 0 Å². The number of halogens is 1. The number of rotatable bonds is 5. The highest BCUT2D eigenvalue weighted by Crippen LogP contribution is 2.31. The van der Waals surface area contributed by atoms with Crippen molar-refractivity contribution in [2.75, 3.05) is 7.11 Å². The molecule has 6 nitrogen and oxygen atoms in total. The first-order valence-electron chi connectivity index (χ1n) is 6.43. The fraction of sp³-hybridized carbons (Fsp3) is 0.200. The molecule has 0 unspecified atom stereocenters. The molecule has 2 aromatic rings. The average Bonchev–Trinajstić information content (AvgIpc) is 2.52. The second-order valence-electron chi connectivity index (χ2n) is 4.59. The number of hydrogen-bond donors (Lipinski definition) is 3. The van der Waals surface area contributed by atoms with Crippen LogP contribution in [0.2, 0.25) is 0 Å². The summed E-state index contributed by atoms with van der Waals surface area (Å²) in [6.45, 7) is 0. The lowest BCUT2D eigenvalue weighted by Gasteiger charge is -2.23. The van der Waals surface area contributed by atoms with Crippen molar-refractivity contribution in [2.45, 2.75) is 12.1 Å². The fourth-order valence-corrected chi connectivity index (χ4v) is 2.48. The van der Waals surface area contributed by atoms with Gasteiger partial charge in [0.2, 0.25) is 0 Å². The van der Waals surface area contributed by atoms with Gasteiger partial charge in [-0.25, -0.2) is 4.79 Å². The number of pyridine rings is 1. The molecule has 1 amide bonds. The SMILES string of the molecule is COc1cccc([C@@H](O)[C@H](NC(=O)O)c2cncc(Br)c2)c1. The molecule has 2 atom stereocenters. The molecule has 0 aliphatic heterocycles. The van der Waals surface area contributed by atoms with Crippen molar-refractivity contribution in [2.24, 2.45) is 0 Å². The Morgan fingerprint density at radius 2 is 2.09 bits per heavy atom. The minimum Gasteiger partial charge on any atom is -0.497 e. The van der Waals surface area contributed by atoms with Gasteiger partial charge in [0.1, 0.15) is 11.9 Å². The van der Waals surface area contributed by atoms with Crippen LogP contribution >= 0.6 is 15.9 Å². The molecule has 1 heterocycles. The number of benzene rings is 1. The molecule has 0 spiro atoms. The normalized spacial score (nSPS) is 13.2. The smallest absolute Gasteiger partial charge is 0.405 e. The van der Waals surface area contributed by atoms with Gasteiger partial charge in [0.15, 0.2) is 0 Å². The van der Waals surface area contributed by atoms with Crippen LogP contribution in [0.5, 0.6) is 5.75 Å². The van der Waals surface area contributed by atoms with E-state index in [0.29, 0.717) is 21.3 Å². The third-order valence-corrected chi connectivity index (χ3v) is 3.55. The van der Waals surface area contributed by atoms with Gasteiger partial charge in [-0.2, -0.15) is 0 Å². The van der Waals surface area contributed by atoms with E-state index in [0.717, 1.165) is 0 Å². The number of nitrogens with one attached hydrogen (secondary N) is 1. The van der Waals surface area contributed by atoms with Gasteiger partial charge in [0.25, 0.3) is 0 Å². The molecule has 22 heavy (non-hydrogen) atoms. The first-order chi connectivity index (χ1) is 10.5. The minimum atomic E-state index is -1.23. The van der Waals surface area contributed by atoms with Crippen molar-refractivity contribution in [1.82, 2.24) is 10.3 Å². The average molecular weight is 367 g/mol. The molecule has 3 N–H and O–H groups in total. The standard InChI is InChI=1S/C15H15BrN2O4/c1-22-12-4-2-3-9(6-12)14(19)13(18-15(20)21)10-5-11(16)8-17-7-10/h2-8,13-14,18-19H,1H3,(H,20,21)/t13-,14-/m1/s1. The van der Waals surface area contributed by atoms with Crippen molar-refractivity contribution in [1.29, 1.82) is 0 Å². The van der Waals surface area contributed by atoms with E-state index in [2.05, 4.69) is 26.2 Å².